The molecule has 24 heavy (non-hydrogen) atoms. The predicted molar refractivity (Wildman–Crippen MR) is 91.2 cm³/mol. The third kappa shape index (κ3) is 2.53. The van der Waals surface area contributed by atoms with E-state index < -0.39 is 0 Å². The van der Waals surface area contributed by atoms with E-state index in [1.54, 1.807) is 24.5 Å². The first-order valence-electron chi connectivity index (χ1n) is 7.58. The maximum atomic E-state index is 12.4. The molecule has 0 bridgehead atoms. The van der Waals surface area contributed by atoms with Gasteiger partial charge in [-0.2, -0.15) is 0 Å². The van der Waals surface area contributed by atoms with E-state index in [-0.39, 0.29) is 5.43 Å². The van der Waals surface area contributed by atoms with E-state index in [1.807, 2.05) is 28.8 Å². The second kappa shape index (κ2) is 5.82. The Kier molecular flexibility index (Phi) is 3.51. The molecule has 0 amide bonds. The molecule has 4 aromatic rings. The van der Waals surface area contributed by atoms with Gasteiger partial charge >= 0.3 is 0 Å². The van der Waals surface area contributed by atoms with Gasteiger partial charge in [-0.05, 0) is 36.4 Å². The maximum absolute atomic E-state index is 12.4. The molecule has 6 heteroatoms. The number of nitrogens with zero attached hydrogens (tertiary/aromatic N) is 2. The Bertz CT molecular complexity index is 1080. The second-order valence-electron chi connectivity index (χ2n) is 5.38. The lowest BCUT2D eigenvalue weighted by Crippen LogP contribution is -2.10. The number of hydrogen-bond donors (Lipinski definition) is 1. The number of benzene rings is 1. The third-order valence-corrected chi connectivity index (χ3v) is 3.76. The van der Waals surface area contributed by atoms with Crippen LogP contribution in [0, 0.1) is 0 Å². The van der Waals surface area contributed by atoms with Crippen molar-refractivity contribution in [2.75, 3.05) is 13.2 Å². The van der Waals surface area contributed by atoms with Gasteiger partial charge in [0.25, 0.3) is 0 Å². The molecule has 2 N–H and O–H groups in total. The van der Waals surface area contributed by atoms with Crippen LogP contribution in [0.4, 0.5) is 0 Å². The molecule has 0 aliphatic heterocycles. The second-order valence-corrected chi connectivity index (χ2v) is 5.38. The van der Waals surface area contributed by atoms with Crippen LogP contribution in [0.2, 0.25) is 0 Å². The molecule has 0 aliphatic rings. The van der Waals surface area contributed by atoms with Crippen LogP contribution in [0.1, 0.15) is 0 Å². The summed E-state index contributed by atoms with van der Waals surface area (Å²) in [7, 11) is 0. The lowest BCUT2D eigenvalue weighted by Gasteiger charge is -2.07. The van der Waals surface area contributed by atoms with E-state index in [0.717, 1.165) is 5.52 Å². The Hall–Kier alpha value is -3.12. The van der Waals surface area contributed by atoms with Gasteiger partial charge in [0.05, 0.1) is 11.7 Å². The molecule has 3 heterocycles. The van der Waals surface area contributed by atoms with Crippen LogP contribution < -0.4 is 15.9 Å². The van der Waals surface area contributed by atoms with Crippen molar-refractivity contribution >= 4 is 16.5 Å². The summed E-state index contributed by atoms with van der Waals surface area (Å²) in [5.41, 5.74) is 7.37. The molecule has 0 saturated heterocycles. The van der Waals surface area contributed by atoms with Crippen molar-refractivity contribution in [1.82, 2.24) is 9.38 Å². The number of nitrogens with two attached hydrogens (primary N) is 1. The first-order chi connectivity index (χ1) is 11.7. The van der Waals surface area contributed by atoms with Gasteiger partial charge in [-0.15, -0.1) is 0 Å². The Labute approximate surface area is 137 Å². The van der Waals surface area contributed by atoms with E-state index in [2.05, 4.69) is 4.98 Å². The summed E-state index contributed by atoms with van der Waals surface area (Å²) in [4.78, 5) is 16.8. The van der Waals surface area contributed by atoms with Crippen LogP contribution in [0.15, 0.2) is 64.2 Å². The van der Waals surface area contributed by atoms with Crippen molar-refractivity contribution in [3.63, 3.8) is 0 Å². The normalized spacial score (nSPS) is 11.2. The molecule has 0 unspecified atom stereocenters. The Morgan fingerprint density at radius 1 is 1.21 bits per heavy atom. The Balaban J connectivity index is 1.80. The van der Waals surface area contributed by atoms with E-state index in [4.69, 9.17) is 14.9 Å². The molecule has 4 rings (SSSR count). The summed E-state index contributed by atoms with van der Waals surface area (Å²) < 4.78 is 13.2. The van der Waals surface area contributed by atoms with Gasteiger partial charge in [0.15, 0.2) is 11.2 Å². The van der Waals surface area contributed by atoms with Gasteiger partial charge in [0, 0.05) is 24.3 Å². The van der Waals surface area contributed by atoms with Gasteiger partial charge in [-0.25, -0.2) is 4.98 Å². The number of fused-ring (bicyclic) bond motifs is 2. The van der Waals surface area contributed by atoms with E-state index in [1.165, 1.54) is 6.07 Å². The van der Waals surface area contributed by atoms with Crippen molar-refractivity contribution in [1.29, 1.82) is 0 Å². The minimum atomic E-state index is -0.137. The highest BCUT2D eigenvalue weighted by Crippen LogP contribution is 2.24. The molecule has 0 saturated carbocycles. The lowest BCUT2D eigenvalue weighted by molar-refractivity contribution is 0.328. The molecule has 0 atom stereocenters. The minimum absolute atomic E-state index is 0.137. The predicted octanol–water partition coefficient (Wildman–Crippen LogP) is 2.45. The molecule has 0 fully saturated rings. The van der Waals surface area contributed by atoms with Crippen molar-refractivity contribution in [3.8, 4) is 17.2 Å². The summed E-state index contributed by atoms with van der Waals surface area (Å²) >= 11 is 0. The average Bonchev–Trinajstić information content (AvgIpc) is 3.07. The monoisotopic (exact) mass is 321 g/mol. The summed E-state index contributed by atoms with van der Waals surface area (Å²) in [5, 5.41) is 0.469. The zero-order valence-electron chi connectivity index (χ0n) is 12.8. The number of aromatic nitrogens is 2. The number of rotatable bonds is 4. The molecule has 0 spiro atoms. The number of hydrogen-bond acceptors (Lipinski definition) is 5. The molecule has 0 radical (unpaired) electrons. The van der Waals surface area contributed by atoms with E-state index in [0.29, 0.717) is 41.3 Å². The van der Waals surface area contributed by atoms with Crippen molar-refractivity contribution in [2.24, 2.45) is 5.73 Å². The average molecular weight is 321 g/mol. The van der Waals surface area contributed by atoms with Crippen LogP contribution in [0.25, 0.3) is 27.9 Å². The molecular weight excluding hydrogens is 306 g/mol. The molecule has 3 aromatic heterocycles. The molecule has 0 aliphatic carbocycles. The van der Waals surface area contributed by atoms with Gasteiger partial charge in [-0.1, -0.05) is 0 Å². The highest BCUT2D eigenvalue weighted by Gasteiger charge is 2.10. The quantitative estimate of drug-likeness (QED) is 0.624. The van der Waals surface area contributed by atoms with E-state index >= 15 is 0 Å². The molecular formula is C18H15N3O3. The molecule has 1 aromatic carbocycles. The Morgan fingerprint density at radius 2 is 2.12 bits per heavy atom. The zero-order valence-corrected chi connectivity index (χ0v) is 12.8. The largest absolute Gasteiger partial charge is 0.492 e. The highest BCUT2D eigenvalue weighted by molar-refractivity contribution is 5.80. The Morgan fingerprint density at radius 3 is 3.00 bits per heavy atom. The first-order valence-corrected chi connectivity index (χ1v) is 7.58. The third-order valence-electron chi connectivity index (χ3n) is 3.76. The van der Waals surface area contributed by atoms with Gasteiger partial charge in [0.2, 0.25) is 0 Å². The fraction of sp³-hybridized carbons (Fsp3) is 0.111. The lowest BCUT2D eigenvalue weighted by atomic mass is 10.2. The van der Waals surface area contributed by atoms with Crippen LogP contribution in [-0.2, 0) is 0 Å². The van der Waals surface area contributed by atoms with Crippen molar-refractivity contribution in [2.45, 2.75) is 0 Å². The maximum Gasteiger partial charge on any atom is 0.193 e. The van der Waals surface area contributed by atoms with E-state index in [9.17, 15) is 4.79 Å². The number of ether oxygens (including phenoxy) is 1. The summed E-state index contributed by atoms with van der Waals surface area (Å²) in [6.45, 7) is 0.815. The van der Waals surface area contributed by atoms with Crippen molar-refractivity contribution in [3.05, 3.63) is 65.2 Å². The minimum Gasteiger partial charge on any atom is -0.492 e. The summed E-state index contributed by atoms with van der Waals surface area (Å²) in [5.74, 6) is 1.03. The van der Waals surface area contributed by atoms with Crippen LogP contribution in [-0.4, -0.2) is 22.5 Å². The SMILES string of the molecule is NCCOc1ccc2oc(-c3cc4cccn4cn3)cc(=O)c2c1. The van der Waals surface area contributed by atoms with Crippen LogP contribution >= 0.6 is 0 Å². The first kappa shape index (κ1) is 14.5. The summed E-state index contributed by atoms with van der Waals surface area (Å²) in [6, 6.07) is 12.4. The van der Waals surface area contributed by atoms with Gasteiger partial charge in [0.1, 0.15) is 23.6 Å². The van der Waals surface area contributed by atoms with Gasteiger partial charge in [-0.3, -0.25) is 4.79 Å². The fourth-order valence-electron chi connectivity index (χ4n) is 2.60. The summed E-state index contributed by atoms with van der Waals surface area (Å²) in [6.07, 6.45) is 3.60. The smallest absolute Gasteiger partial charge is 0.193 e. The van der Waals surface area contributed by atoms with Gasteiger partial charge < -0.3 is 19.3 Å². The van der Waals surface area contributed by atoms with Crippen LogP contribution in [0.5, 0.6) is 5.75 Å². The fourth-order valence-corrected chi connectivity index (χ4v) is 2.60. The zero-order chi connectivity index (χ0) is 16.5. The van der Waals surface area contributed by atoms with Crippen LogP contribution in [0.3, 0.4) is 0 Å². The molecule has 120 valence electrons. The topological polar surface area (TPSA) is 82.8 Å². The van der Waals surface area contributed by atoms with Crippen molar-refractivity contribution < 1.29 is 9.15 Å². The molecule has 6 nitrogen and oxygen atoms in total. The highest BCUT2D eigenvalue weighted by atomic mass is 16.5. The standard InChI is InChI=1S/C18H15N3O3/c19-5-7-23-13-3-4-17-14(9-13)16(22)10-18(24-17)15-8-12-2-1-6-21(12)11-20-15/h1-4,6,8-11H,5,7,19H2.